The van der Waals surface area contributed by atoms with Crippen LogP contribution in [0.2, 0.25) is 5.02 Å². The molecule has 1 aliphatic heterocycles. The fourth-order valence-corrected chi connectivity index (χ4v) is 4.70. The van der Waals surface area contributed by atoms with Gasteiger partial charge in [-0.2, -0.15) is 11.8 Å². The van der Waals surface area contributed by atoms with Crippen molar-refractivity contribution in [3.05, 3.63) is 59.1 Å². The van der Waals surface area contributed by atoms with Crippen molar-refractivity contribution in [2.45, 2.75) is 32.2 Å². The molecule has 148 valence electrons. The Bertz CT molecular complexity index is 909. The van der Waals surface area contributed by atoms with Crippen LogP contribution in [0.25, 0.3) is 11.0 Å². The zero-order valence-corrected chi connectivity index (χ0v) is 17.9. The highest BCUT2D eigenvalue weighted by Crippen LogP contribution is 2.27. The lowest BCUT2D eigenvalue weighted by Crippen LogP contribution is -2.46. The summed E-state index contributed by atoms with van der Waals surface area (Å²) in [7, 11) is 0. The molecular formula is C22H27ClN4S. The third-order valence-corrected chi connectivity index (χ3v) is 6.41. The number of thioether (sulfide) groups is 1. The molecule has 0 N–H and O–H groups in total. The Morgan fingerprint density at radius 3 is 2.68 bits per heavy atom. The second-order valence-corrected chi connectivity index (χ2v) is 8.84. The predicted molar refractivity (Wildman–Crippen MR) is 121 cm³/mol. The van der Waals surface area contributed by atoms with Crippen LogP contribution in [0.5, 0.6) is 0 Å². The highest BCUT2D eigenvalue weighted by Gasteiger charge is 2.25. The number of benzene rings is 2. The molecule has 4 rings (SSSR count). The summed E-state index contributed by atoms with van der Waals surface area (Å²) >= 11 is 7.96. The van der Waals surface area contributed by atoms with Gasteiger partial charge in [0.25, 0.3) is 0 Å². The third kappa shape index (κ3) is 4.48. The Kier molecular flexibility index (Phi) is 6.45. The number of fused-ring (bicyclic) bond motifs is 3. The summed E-state index contributed by atoms with van der Waals surface area (Å²) in [6.07, 6.45) is 2.40. The van der Waals surface area contributed by atoms with Crippen LogP contribution in [-0.4, -0.2) is 40.0 Å². The van der Waals surface area contributed by atoms with E-state index >= 15 is 0 Å². The molecule has 0 saturated heterocycles. The molecule has 28 heavy (non-hydrogen) atoms. The van der Waals surface area contributed by atoms with Crippen molar-refractivity contribution >= 4 is 40.3 Å². The second-order valence-electron chi connectivity index (χ2n) is 7.30. The van der Waals surface area contributed by atoms with E-state index in [4.69, 9.17) is 16.6 Å². The van der Waals surface area contributed by atoms with E-state index in [-0.39, 0.29) is 0 Å². The maximum Gasteiger partial charge on any atom is 0.208 e. The van der Waals surface area contributed by atoms with Crippen molar-refractivity contribution in [2.24, 2.45) is 0 Å². The Hall–Kier alpha value is -1.69. The molecule has 0 unspecified atom stereocenters. The van der Waals surface area contributed by atoms with Gasteiger partial charge in [0.2, 0.25) is 5.95 Å². The van der Waals surface area contributed by atoms with Gasteiger partial charge in [-0.15, -0.1) is 0 Å². The van der Waals surface area contributed by atoms with E-state index in [0.29, 0.717) is 0 Å². The van der Waals surface area contributed by atoms with Crippen molar-refractivity contribution in [3.8, 4) is 0 Å². The van der Waals surface area contributed by atoms with Gasteiger partial charge in [-0.05, 0) is 36.2 Å². The number of imidazole rings is 1. The van der Waals surface area contributed by atoms with Crippen molar-refractivity contribution in [2.75, 3.05) is 30.4 Å². The van der Waals surface area contributed by atoms with Gasteiger partial charge in [-0.1, -0.05) is 49.2 Å². The molecule has 0 atom stereocenters. The molecule has 0 aliphatic carbocycles. The second kappa shape index (κ2) is 9.21. The maximum absolute atomic E-state index is 5.97. The molecule has 3 aromatic rings. The van der Waals surface area contributed by atoms with Crippen molar-refractivity contribution in [1.82, 2.24) is 14.5 Å². The highest BCUT2D eigenvalue weighted by molar-refractivity contribution is 7.98. The van der Waals surface area contributed by atoms with E-state index in [0.717, 1.165) is 54.4 Å². The van der Waals surface area contributed by atoms with Crippen molar-refractivity contribution in [3.63, 3.8) is 0 Å². The molecule has 0 saturated carbocycles. The molecule has 0 bridgehead atoms. The van der Waals surface area contributed by atoms with Crippen LogP contribution in [0.1, 0.15) is 25.3 Å². The van der Waals surface area contributed by atoms with E-state index in [1.165, 1.54) is 23.9 Å². The van der Waals surface area contributed by atoms with Crippen LogP contribution in [0.3, 0.4) is 0 Å². The summed E-state index contributed by atoms with van der Waals surface area (Å²) in [5.41, 5.74) is 3.66. The number of hydrogen-bond acceptors (Lipinski definition) is 4. The van der Waals surface area contributed by atoms with Gasteiger partial charge in [0.1, 0.15) is 0 Å². The normalized spacial score (nSPS) is 14.6. The van der Waals surface area contributed by atoms with Crippen molar-refractivity contribution < 1.29 is 0 Å². The molecule has 0 radical (unpaired) electrons. The van der Waals surface area contributed by atoms with Gasteiger partial charge in [-0.3, -0.25) is 9.47 Å². The van der Waals surface area contributed by atoms with Gasteiger partial charge in [0.05, 0.1) is 24.4 Å². The highest BCUT2D eigenvalue weighted by atomic mass is 35.5. The quantitative estimate of drug-likeness (QED) is 0.457. The Balaban J connectivity index is 1.40. The molecule has 2 aromatic carbocycles. The average Bonchev–Trinajstić information content (AvgIpc) is 3.10. The van der Waals surface area contributed by atoms with Gasteiger partial charge in [-0.25, -0.2) is 4.98 Å². The summed E-state index contributed by atoms with van der Waals surface area (Å²) in [5, 5.41) is 0.803. The van der Waals surface area contributed by atoms with Gasteiger partial charge in [0.15, 0.2) is 0 Å². The number of halogens is 1. The predicted octanol–water partition coefficient (Wildman–Crippen LogP) is 5.46. The first-order valence-corrected chi connectivity index (χ1v) is 11.5. The van der Waals surface area contributed by atoms with Crippen LogP contribution in [-0.2, 0) is 12.4 Å². The van der Waals surface area contributed by atoms with Crippen LogP contribution in [0, 0.1) is 0 Å². The summed E-state index contributed by atoms with van der Waals surface area (Å²) in [4.78, 5) is 9.89. The monoisotopic (exact) mass is 414 g/mol. The van der Waals surface area contributed by atoms with E-state index in [1.807, 2.05) is 23.9 Å². The van der Waals surface area contributed by atoms with E-state index < -0.39 is 0 Å². The number of nitrogens with zero attached hydrogens (tertiary/aromatic N) is 4. The number of hydrogen-bond donors (Lipinski definition) is 0. The number of rotatable bonds is 8. The summed E-state index contributed by atoms with van der Waals surface area (Å²) in [5.74, 6) is 3.27. The van der Waals surface area contributed by atoms with Crippen LogP contribution >= 0.6 is 23.4 Å². The average molecular weight is 415 g/mol. The minimum Gasteiger partial charge on any atom is -0.329 e. The SMILES string of the molecule is CCCCN1CN(CCSCc2ccc(Cl)cc2)Cn2c1nc1ccccc12. The molecule has 0 fully saturated rings. The number of aromatic nitrogens is 2. The zero-order chi connectivity index (χ0) is 19.3. The lowest BCUT2D eigenvalue weighted by molar-refractivity contribution is 0.211. The molecule has 0 spiro atoms. The standard InChI is InChI=1S/C22H27ClN4S/c1-2-3-12-26-16-25(13-14-28-15-18-8-10-19(23)11-9-18)17-27-21-7-5-4-6-20(21)24-22(26)27/h4-11H,2-3,12-17H2,1H3. The molecule has 2 heterocycles. The lowest BCUT2D eigenvalue weighted by atomic mass is 10.2. The van der Waals surface area contributed by atoms with E-state index in [2.05, 4.69) is 57.7 Å². The summed E-state index contributed by atoms with van der Waals surface area (Å²) in [6, 6.07) is 16.7. The minimum absolute atomic E-state index is 0.803. The van der Waals surface area contributed by atoms with Gasteiger partial charge < -0.3 is 4.90 Å². The van der Waals surface area contributed by atoms with Gasteiger partial charge >= 0.3 is 0 Å². The minimum atomic E-state index is 0.803. The summed E-state index contributed by atoms with van der Waals surface area (Å²) < 4.78 is 2.37. The smallest absolute Gasteiger partial charge is 0.208 e. The first-order chi connectivity index (χ1) is 13.7. The van der Waals surface area contributed by atoms with E-state index in [1.54, 1.807) is 0 Å². The van der Waals surface area contributed by atoms with Crippen LogP contribution in [0.4, 0.5) is 5.95 Å². The Morgan fingerprint density at radius 1 is 1.04 bits per heavy atom. The number of para-hydroxylation sites is 2. The number of anilines is 1. The lowest BCUT2D eigenvalue weighted by Gasteiger charge is -2.37. The topological polar surface area (TPSA) is 24.3 Å². The fraction of sp³-hybridized carbons (Fsp3) is 0.409. The zero-order valence-electron chi connectivity index (χ0n) is 16.4. The molecule has 1 aliphatic rings. The first kappa shape index (κ1) is 19.6. The third-order valence-electron chi connectivity index (χ3n) is 5.14. The largest absolute Gasteiger partial charge is 0.329 e. The van der Waals surface area contributed by atoms with Crippen LogP contribution < -0.4 is 4.90 Å². The fourth-order valence-electron chi connectivity index (χ4n) is 3.62. The van der Waals surface area contributed by atoms with E-state index in [9.17, 15) is 0 Å². The Morgan fingerprint density at radius 2 is 1.86 bits per heavy atom. The molecule has 4 nitrogen and oxygen atoms in total. The molecule has 0 amide bonds. The molecular weight excluding hydrogens is 388 g/mol. The molecule has 6 heteroatoms. The number of unbranched alkanes of at least 4 members (excludes halogenated alkanes) is 1. The first-order valence-electron chi connectivity index (χ1n) is 9.99. The van der Waals surface area contributed by atoms with Crippen molar-refractivity contribution in [1.29, 1.82) is 0 Å². The van der Waals surface area contributed by atoms with Crippen LogP contribution in [0.15, 0.2) is 48.5 Å². The van der Waals surface area contributed by atoms with Gasteiger partial charge in [0, 0.05) is 29.6 Å². The molecule has 1 aromatic heterocycles. The maximum atomic E-state index is 5.97. The summed E-state index contributed by atoms with van der Waals surface area (Å²) in [6.45, 7) is 6.27. The Labute approximate surface area is 176 Å².